The van der Waals surface area contributed by atoms with Crippen LogP contribution >= 0.6 is 11.6 Å². The predicted octanol–water partition coefficient (Wildman–Crippen LogP) is 3.57. The van der Waals surface area contributed by atoms with Crippen LogP contribution in [-0.2, 0) is 9.47 Å². The summed E-state index contributed by atoms with van der Waals surface area (Å²) in [4.78, 5) is 49.7. The number of carbonyl (C=O) groups excluding carboxylic acids is 2. The average molecular weight is 424 g/mol. The number of aromatic nitrogens is 1. The molecule has 29 heavy (non-hydrogen) atoms. The zero-order valence-corrected chi connectivity index (χ0v) is 16.0. The van der Waals surface area contributed by atoms with Crippen molar-refractivity contribution in [2.45, 2.75) is 13.8 Å². The first kappa shape index (κ1) is 21.7. The van der Waals surface area contributed by atoms with E-state index < -0.39 is 43.8 Å². The molecule has 152 valence electrons. The molecule has 2 aromatic rings. The van der Waals surface area contributed by atoms with Gasteiger partial charge in [-0.2, -0.15) is 0 Å². The fourth-order valence-electron chi connectivity index (χ4n) is 2.46. The lowest BCUT2D eigenvalue weighted by Gasteiger charge is -2.13. The second-order valence-electron chi connectivity index (χ2n) is 5.35. The smallest absolute Gasteiger partial charge is 0.346 e. The van der Waals surface area contributed by atoms with E-state index in [9.17, 15) is 29.8 Å². The number of ether oxygens (including phenoxy) is 2. The van der Waals surface area contributed by atoms with E-state index in [0.717, 1.165) is 12.1 Å². The number of hydrogen-bond donors (Lipinski definition) is 0. The Morgan fingerprint density at radius 1 is 0.966 bits per heavy atom. The highest BCUT2D eigenvalue weighted by molar-refractivity contribution is 6.34. The van der Waals surface area contributed by atoms with E-state index in [-0.39, 0.29) is 30.2 Å². The van der Waals surface area contributed by atoms with Crippen LogP contribution in [0.15, 0.2) is 24.3 Å². The number of nitrogens with zero attached hydrogens (tertiary/aromatic N) is 3. The van der Waals surface area contributed by atoms with Gasteiger partial charge in [-0.1, -0.05) is 11.6 Å². The van der Waals surface area contributed by atoms with Crippen molar-refractivity contribution < 1.29 is 28.9 Å². The number of esters is 2. The molecular weight excluding hydrogens is 410 g/mol. The van der Waals surface area contributed by atoms with Gasteiger partial charge in [0.15, 0.2) is 11.3 Å². The van der Waals surface area contributed by atoms with Gasteiger partial charge in [-0.15, -0.1) is 0 Å². The minimum Gasteiger partial charge on any atom is -0.462 e. The van der Waals surface area contributed by atoms with Crippen molar-refractivity contribution in [3.63, 3.8) is 0 Å². The topological polar surface area (TPSA) is 152 Å². The highest BCUT2D eigenvalue weighted by atomic mass is 35.5. The Bertz CT molecular complexity index is 991. The summed E-state index contributed by atoms with van der Waals surface area (Å²) in [6, 6.07) is 4.64. The number of hydrogen-bond acceptors (Lipinski definition) is 9. The molecule has 0 N–H and O–H groups in total. The summed E-state index contributed by atoms with van der Waals surface area (Å²) in [6.45, 7) is 2.79. The van der Waals surface area contributed by atoms with Crippen molar-refractivity contribution in [2.75, 3.05) is 13.2 Å². The third kappa shape index (κ3) is 4.46. The lowest BCUT2D eigenvalue weighted by molar-refractivity contribution is -0.385. The molecule has 0 spiro atoms. The summed E-state index contributed by atoms with van der Waals surface area (Å²) < 4.78 is 9.69. The monoisotopic (exact) mass is 423 g/mol. The second-order valence-corrected chi connectivity index (χ2v) is 5.71. The van der Waals surface area contributed by atoms with Gasteiger partial charge < -0.3 is 9.47 Å². The predicted molar refractivity (Wildman–Crippen MR) is 99.9 cm³/mol. The largest absolute Gasteiger partial charge is 0.462 e. The molecule has 0 aliphatic heterocycles. The Balaban J connectivity index is 2.85. The second kappa shape index (κ2) is 9.06. The Kier molecular flexibility index (Phi) is 6.78. The van der Waals surface area contributed by atoms with E-state index in [0.29, 0.717) is 0 Å². The highest BCUT2D eigenvalue weighted by Gasteiger charge is 2.36. The van der Waals surface area contributed by atoms with Crippen LogP contribution in [0.3, 0.4) is 0 Å². The standard InChI is InChI=1S/C17H14ClN3O8/c1-3-28-16(22)11-12(17(23)29-4-2)15(18)19-13(14(11)21(26)27)9-5-7-10(8-6-9)20(24)25/h5-8H,3-4H2,1-2H3. The fourth-order valence-corrected chi connectivity index (χ4v) is 2.71. The van der Waals surface area contributed by atoms with E-state index in [4.69, 9.17) is 21.1 Å². The minimum absolute atomic E-state index is 0.0741. The summed E-state index contributed by atoms with van der Waals surface area (Å²) in [7, 11) is 0. The molecule has 12 heteroatoms. The lowest BCUT2D eigenvalue weighted by Crippen LogP contribution is -2.18. The Morgan fingerprint density at radius 2 is 1.48 bits per heavy atom. The van der Waals surface area contributed by atoms with Gasteiger partial charge in [0.2, 0.25) is 0 Å². The van der Waals surface area contributed by atoms with E-state index >= 15 is 0 Å². The maximum absolute atomic E-state index is 12.5. The molecule has 0 unspecified atom stereocenters. The molecule has 0 aliphatic carbocycles. The third-order valence-electron chi connectivity index (χ3n) is 3.62. The Labute approximate surface area is 168 Å². The molecule has 0 amide bonds. The number of rotatable bonds is 7. The van der Waals surface area contributed by atoms with Gasteiger partial charge in [-0.3, -0.25) is 20.2 Å². The Hall–Kier alpha value is -3.60. The lowest BCUT2D eigenvalue weighted by atomic mass is 10.0. The van der Waals surface area contributed by atoms with Crippen LogP contribution in [-0.4, -0.2) is 40.0 Å². The number of benzene rings is 1. The quantitative estimate of drug-likeness (QED) is 0.281. The van der Waals surface area contributed by atoms with Crippen molar-refractivity contribution in [1.29, 1.82) is 0 Å². The molecule has 11 nitrogen and oxygen atoms in total. The molecule has 0 atom stereocenters. The zero-order valence-electron chi connectivity index (χ0n) is 15.2. The number of nitro benzene ring substituents is 1. The van der Waals surface area contributed by atoms with Crippen LogP contribution in [0.5, 0.6) is 0 Å². The maximum Gasteiger partial charge on any atom is 0.346 e. The van der Waals surface area contributed by atoms with Gasteiger partial charge >= 0.3 is 17.6 Å². The van der Waals surface area contributed by atoms with Crippen molar-refractivity contribution in [1.82, 2.24) is 4.98 Å². The highest BCUT2D eigenvalue weighted by Crippen LogP contribution is 2.37. The molecule has 0 fully saturated rings. The molecule has 1 aromatic heterocycles. The van der Waals surface area contributed by atoms with Crippen LogP contribution in [0.4, 0.5) is 11.4 Å². The van der Waals surface area contributed by atoms with Crippen LogP contribution in [0.25, 0.3) is 11.3 Å². The SMILES string of the molecule is CCOC(=O)c1c(Cl)nc(-c2ccc([N+](=O)[O-])cc2)c([N+](=O)[O-])c1C(=O)OCC. The van der Waals surface area contributed by atoms with Gasteiger partial charge in [0.05, 0.1) is 23.1 Å². The number of non-ortho nitro benzene ring substituents is 1. The number of nitro groups is 2. The molecule has 0 bridgehead atoms. The van der Waals surface area contributed by atoms with Crippen molar-refractivity contribution in [3.05, 3.63) is 60.8 Å². The van der Waals surface area contributed by atoms with Crippen LogP contribution < -0.4 is 0 Å². The van der Waals surface area contributed by atoms with Gasteiger partial charge in [0.25, 0.3) is 5.69 Å². The first-order valence-corrected chi connectivity index (χ1v) is 8.57. The minimum atomic E-state index is -1.16. The average Bonchev–Trinajstić information content (AvgIpc) is 2.67. The molecule has 1 heterocycles. The Morgan fingerprint density at radius 3 is 1.93 bits per heavy atom. The first-order valence-electron chi connectivity index (χ1n) is 8.19. The van der Waals surface area contributed by atoms with Gasteiger partial charge in [0.1, 0.15) is 10.7 Å². The van der Waals surface area contributed by atoms with Crippen LogP contribution in [0.1, 0.15) is 34.6 Å². The van der Waals surface area contributed by atoms with Crippen LogP contribution in [0, 0.1) is 20.2 Å². The van der Waals surface area contributed by atoms with Gasteiger partial charge in [0, 0.05) is 17.7 Å². The number of carbonyl (C=O) groups is 2. The number of halogens is 1. The van der Waals surface area contributed by atoms with Crippen molar-refractivity contribution in [2.24, 2.45) is 0 Å². The summed E-state index contributed by atoms with van der Waals surface area (Å²) in [5, 5.41) is 22.1. The molecule has 0 aliphatic rings. The first-order chi connectivity index (χ1) is 13.7. The van der Waals surface area contributed by atoms with E-state index in [1.807, 2.05) is 0 Å². The zero-order chi connectivity index (χ0) is 21.7. The maximum atomic E-state index is 12.5. The molecule has 0 saturated carbocycles. The van der Waals surface area contributed by atoms with Crippen molar-refractivity contribution in [3.8, 4) is 11.3 Å². The van der Waals surface area contributed by atoms with Gasteiger partial charge in [-0.05, 0) is 26.0 Å². The van der Waals surface area contributed by atoms with Crippen LogP contribution in [0.2, 0.25) is 5.15 Å². The normalized spacial score (nSPS) is 10.3. The summed E-state index contributed by atoms with van der Waals surface area (Å²) in [5.41, 5.74) is -2.66. The van der Waals surface area contributed by atoms with E-state index in [2.05, 4.69) is 4.98 Å². The van der Waals surface area contributed by atoms with E-state index in [1.54, 1.807) is 0 Å². The van der Waals surface area contributed by atoms with E-state index in [1.165, 1.54) is 26.0 Å². The number of pyridine rings is 1. The third-order valence-corrected chi connectivity index (χ3v) is 3.89. The summed E-state index contributed by atoms with van der Waals surface area (Å²) in [6.07, 6.45) is 0. The molecule has 0 radical (unpaired) electrons. The molecule has 1 aromatic carbocycles. The van der Waals surface area contributed by atoms with Crippen molar-refractivity contribution >= 4 is 34.9 Å². The molecule has 0 saturated heterocycles. The fraction of sp³-hybridized carbons (Fsp3) is 0.235. The molecule has 2 rings (SSSR count). The molecular formula is C17H14ClN3O8. The summed E-state index contributed by atoms with van der Waals surface area (Å²) in [5.74, 6) is -2.24. The van der Waals surface area contributed by atoms with Gasteiger partial charge in [-0.25, -0.2) is 14.6 Å². The summed E-state index contributed by atoms with van der Waals surface area (Å²) >= 11 is 6.07.